The fourth-order valence-corrected chi connectivity index (χ4v) is 1.96. The second-order valence-corrected chi connectivity index (χ2v) is 4.38. The summed E-state index contributed by atoms with van der Waals surface area (Å²) in [5.41, 5.74) is 0.867. The lowest BCUT2D eigenvalue weighted by molar-refractivity contribution is -0.125. The van der Waals surface area contributed by atoms with Crippen LogP contribution in [-0.2, 0) is 16.1 Å². The monoisotopic (exact) mass is 252 g/mol. The minimum absolute atomic E-state index is 0.0668. The Balaban J connectivity index is 1.88. The molecule has 4 nitrogen and oxygen atoms in total. The summed E-state index contributed by atoms with van der Waals surface area (Å²) in [7, 11) is 0. The molecule has 0 spiro atoms. The summed E-state index contributed by atoms with van der Waals surface area (Å²) in [5, 5.41) is 6.01. The Morgan fingerprint density at radius 3 is 2.88 bits per heavy atom. The van der Waals surface area contributed by atoms with Gasteiger partial charge in [0.25, 0.3) is 0 Å². The van der Waals surface area contributed by atoms with E-state index in [1.165, 1.54) is 0 Å². The first-order valence-corrected chi connectivity index (χ1v) is 5.85. The lowest BCUT2D eigenvalue weighted by Gasteiger charge is -2.11. The van der Waals surface area contributed by atoms with E-state index < -0.39 is 6.04 Å². The van der Waals surface area contributed by atoms with Crippen molar-refractivity contribution in [3.63, 3.8) is 0 Å². The van der Waals surface area contributed by atoms with E-state index in [0.29, 0.717) is 24.4 Å². The highest BCUT2D eigenvalue weighted by molar-refractivity contribution is 6.31. The molecule has 1 aromatic carbocycles. The van der Waals surface area contributed by atoms with Gasteiger partial charge in [-0.05, 0) is 18.1 Å². The van der Waals surface area contributed by atoms with E-state index in [4.69, 9.17) is 11.6 Å². The van der Waals surface area contributed by atoms with Crippen LogP contribution in [0.3, 0.4) is 0 Å². The largest absolute Gasteiger partial charge is 0.350 e. The predicted octanol–water partition coefficient (Wildman–Crippen LogP) is 1.23. The van der Waals surface area contributed by atoms with Gasteiger partial charge in [0.05, 0.1) is 0 Å². The molecule has 2 amide bonds. The van der Waals surface area contributed by atoms with E-state index in [9.17, 15) is 9.59 Å². The molecule has 1 heterocycles. The van der Waals surface area contributed by atoms with Crippen LogP contribution in [0.5, 0.6) is 0 Å². The zero-order valence-corrected chi connectivity index (χ0v) is 9.96. The van der Waals surface area contributed by atoms with Crippen molar-refractivity contribution in [2.45, 2.75) is 25.4 Å². The number of carbonyl (C=O) groups excluding carboxylic acids is 2. The molecule has 1 aliphatic heterocycles. The third kappa shape index (κ3) is 2.97. The van der Waals surface area contributed by atoms with Crippen molar-refractivity contribution in [3.05, 3.63) is 34.9 Å². The molecule has 0 aliphatic carbocycles. The van der Waals surface area contributed by atoms with Crippen molar-refractivity contribution in [1.29, 1.82) is 0 Å². The Morgan fingerprint density at radius 1 is 1.47 bits per heavy atom. The summed E-state index contributed by atoms with van der Waals surface area (Å²) in [6.07, 6.45) is 0.984. The molecular formula is C12H13ClN2O2. The van der Waals surface area contributed by atoms with Crippen LogP contribution in [0.1, 0.15) is 18.4 Å². The molecule has 0 bridgehead atoms. The van der Waals surface area contributed by atoms with Gasteiger partial charge in [0.2, 0.25) is 11.8 Å². The summed E-state index contributed by atoms with van der Waals surface area (Å²) >= 11 is 5.97. The Labute approximate surface area is 104 Å². The van der Waals surface area contributed by atoms with Crippen molar-refractivity contribution < 1.29 is 9.59 Å². The molecule has 1 atom stereocenters. The summed E-state index contributed by atoms with van der Waals surface area (Å²) in [5.74, 6) is -0.223. The van der Waals surface area contributed by atoms with Gasteiger partial charge in [0, 0.05) is 18.0 Å². The Hall–Kier alpha value is -1.55. The predicted molar refractivity (Wildman–Crippen MR) is 64.5 cm³/mol. The SMILES string of the molecule is O=C1CCC(C(=O)NCc2ccccc2Cl)N1. The van der Waals surface area contributed by atoms with Crippen LogP contribution in [0.2, 0.25) is 5.02 Å². The highest BCUT2D eigenvalue weighted by Crippen LogP contribution is 2.14. The van der Waals surface area contributed by atoms with Gasteiger partial charge in [-0.15, -0.1) is 0 Å². The smallest absolute Gasteiger partial charge is 0.242 e. The molecule has 0 radical (unpaired) electrons. The zero-order valence-electron chi connectivity index (χ0n) is 9.20. The van der Waals surface area contributed by atoms with Gasteiger partial charge in [0.1, 0.15) is 6.04 Å². The van der Waals surface area contributed by atoms with Crippen molar-refractivity contribution in [2.75, 3.05) is 0 Å². The number of benzene rings is 1. The topological polar surface area (TPSA) is 58.2 Å². The van der Waals surface area contributed by atoms with E-state index in [-0.39, 0.29) is 11.8 Å². The Morgan fingerprint density at radius 2 is 2.24 bits per heavy atom. The number of hydrogen-bond acceptors (Lipinski definition) is 2. The molecule has 0 saturated carbocycles. The van der Waals surface area contributed by atoms with Crippen LogP contribution in [0.4, 0.5) is 0 Å². The molecular weight excluding hydrogens is 240 g/mol. The number of nitrogens with one attached hydrogen (secondary N) is 2. The van der Waals surface area contributed by atoms with E-state index in [1.807, 2.05) is 18.2 Å². The van der Waals surface area contributed by atoms with E-state index in [0.717, 1.165) is 5.56 Å². The van der Waals surface area contributed by atoms with Gasteiger partial charge in [-0.2, -0.15) is 0 Å². The molecule has 1 unspecified atom stereocenters. The van der Waals surface area contributed by atoms with Crippen LogP contribution >= 0.6 is 11.6 Å². The maximum absolute atomic E-state index is 11.7. The minimum Gasteiger partial charge on any atom is -0.350 e. The van der Waals surface area contributed by atoms with Gasteiger partial charge < -0.3 is 10.6 Å². The average Bonchev–Trinajstić information content (AvgIpc) is 2.74. The highest BCUT2D eigenvalue weighted by atomic mass is 35.5. The quantitative estimate of drug-likeness (QED) is 0.850. The van der Waals surface area contributed by atoms with Crippen molar-refractivity contribution >= 4 is 23.4 Å². The van der Waals surface area contributed by atoms with Crippen molar-refractivity contribution in [2.24, 2.45) is 0 Å². The Bertz CT molecular complexity index is 448. The third-order valence-electron chi connectivity index (χ3n) is 2.72. The lowest BCUT2D eigenvalue weighted by Crippen LogP contribution is -2.41. The van der Waals surface area contributed by atoms with Crippen LogP contribution < -0.4 is 10.6 Å². The molecule has 1 saturated heterocycles. The third-order valence-corrected chi connectivity index (χ3v) is 3.09. The lowest BCUT2D eigenvalue weighted by atomic mass is 10.2. The second kappa shape index (κ2) is 5.19. The average molecular weight is 253 g/mol. The molecule has 2 N–H and O–H groups in total. The number of rotatable bonds is 3. The first-order valence-electron chi connectivity index (χ1n) is 5.47. The summed E-state index contributed by atoms with van der Waals surface area (Å²) in [6, 6.07) is 6.94. The standard InChI is InChI=1S/C12H13ClN2O2/c13-9-4-2-1-3-8(9)7-14-12(17)10-5-6-11(16)15-10/h1-4,10H,5-7H2,(H,14,17)(H,15,16). The molecule has 0 aromatic heterocycles. The molecule has 90 valence electrons. The molecule has 1 aliphatic rings. The highest BCUT2D eigenvalue weighted by Gasteiger charge is 2.26. The van der Waals surface area contributed by atoms with Crippen molar-refractivity contribution in [1.82, 2.24) is 10.6 Å². The van der Waals surface area contributed by atoms with Gasteiger partial charge >= 0.3 is 0 Å². The number of amides is 2. The van der Waals surface area contributed by atoms with Crippen LogP contribution in [0, 0.1) is 0 Å². The van der Waals surface area contributed by atoms with Crippen molar-refractivity contribution in [3.8, 4) is 0 Å². The summed E-state index contributed by atoms with van der Waals surface area (Å²) < 4.78 is 0. The number of halogens is 1. The van der Waals surface area contributed by atoms with Gasteiger partial charge in [-0.1, -0.05) is 29.8 Å². The summed E-state index contributed by atoms with van der Waals surface area (Å²) in [4.78, 5) is 22.7. The minimum atomic E-state index is -0.398. The van der Waals surface area contributed by atoms with Crippen LogP contribution in [-0.4, -0.2) is 17.9 Å². The number of carbonyl (C=O) groups is 2. The maximum Gasteiger partial charge on any atom is 0.242 e. The molecule has 1 aromatic rings. The van der Waals surface area contributed by atoms with E-state index in [2.05, 4.69) is 10.6 Å². The van der Waals surface area contributed by atoms with Crippen LogP contribution in [0.15, 0.2) is 24.3 Å². The normalized spacial score (nSPS) is 18.9. The molecule has 1 fully saturated rings. The summed E-state index contributed by atoms with van der Waals surface area (Å²) in [6.45, 7) is 0.380. The molecule has 5 heteroatoms. The van der Waals surface area contributed by atoms with Gasteiger partial charge in [0.15, 0.2) is 0 Å². The van der Waals surface area contributed by atoms with Crippen LogP contribution in [0.25, 0.3) is 0 Å². The van der Waals surface area contributed by atoms with Gasteiger partial charge in [-0.3, -0.25) is 9.59 Å². The maximum atomic E-state index is 11.7. The fraction of sp³-hybridized carbons (Fsp3) is 0.333. The second-order valence-electron chi connectivity index (χ2n) is 3.97. The first-order chi connectivity index (χ1) is 8.16. The van der Waals surface area contributed by atoms with E-state index >= 15 is 0 Å². The molecule has 17 heavy (non-hydrogen) atoms. The van der Waals surface area contributed by atoms with Gasteiger partial charge in [-0.25, -0.2) is 0 Å². The molecule has 2 rings (SSSR count). The fourth-order valence-electron chi connectivity index (χ4n) is 1.76. The zero-order chi connectivity index (χ0) is 12.3. The number of hydrogen-bond donors (Lipinski definition) is 2. The van der Waals surface area contributed by atoms with E-state index in [1.54, 1.807) is 6.07 Å². The first kappa shape index (κ1) is 11.9. The Kier molecular flexibility index (Phi) is 3.64.